The zero-order valence-corrected chi connectivity index (χ0v) is 19.8. The van der Waals surface area contributed by atoms with Gasteiger partial charge in [0.1, 0.15) is 0 Å². The van der Waals surface area contributed by atoms with Gasteiger partial charge in [-0.2, -0.15) is 0 Å². The second kappa shape index (κ2) is 10.3. The molecule has 0 heterocycles. The topological polar surface area (TPSA) is 69.7 Å². The lowest BCUT2D eigenvalue weighted by Gasteiger charge is -2.29. The molecule has 0 amide bonds. The fraction of sp³-hybridized carbons (Fsp3) is 0.207. The second-order valence-electron chi connectivity index (χ2n) is 8.87. The van der Waals surface area contributed by atoms with Crippen molar-refractivity contribution in [2.24, 2.45) is 0 Å². The maximum absolute atomic E-state index is 13.2. The Balaban J connectivity index is 2.12. The number of methoxy groups -OCH3 is 1. The molecule has 0 fully saturated rings. The van der Waals surface area contributed by atoms with Gasteiger partial charge in [0.15, 0.2) is 5.78 Å². The minimum Gasteiger partial charge on any atom is -0.466 e. The Kier molecular flexibility index (Phi) is 7.47. The van der Waals surface area contributed by atoms with E-state index in [0.29, 0.717) is 11.1 Å². The van der Waals surface area contributed by atoms with Crippen molar-refractivity contribution in [3.8, 4) is 0 Å². The molecule has 174 valence electrons. The smallest absolute Gasteiger partial charge is 0.359 e. The molecule has 0 aliphatic rings. The summed E-state index contributed by atoms with van der Waals surface area (Å²) in [7, 11) is 1.21. The summed E-state index contributed by atoms with van der Waals surface area (Å²) in [6.45, 7) is 6.22. The van der Waals surface area contributed by atoms with E-state index in [-0.39, 0.29) is 16.8 Å². The van der Waals surface area contributed by atoms with Crippen molar-refractivity contribution in [1.29, 1.82) is 0 Å². The molecule has 0 N–H and O–H groups in total. The molecule has 34 heavy (non-hydrogen) atoms. The van der Waals surface area contributed by atoms with E-state index in [2.05, 4.69) is 20.8 Å². The first-order chi connectivity index (χ1) is 16.2. The van der Waals surface area contributed by atoms with E-state index < -0.39 is 17.5 Å². The minimum absolute atomic E-state index is 0.119. The Morgan fingerprint density at radius 3 is 1.71 bits per heavy atom. The van der Waals surface area contributed by atoms with Crippen molar-refractivity contribution in [1.82, 2.24) is 0 Å². The molecule has 1 unspecified atom stereocenters. The SMILES string of the molecule is COC(=O)C(/C=C/C(=O)c1ccccc1)(OC(=O)c1ccccc1)c1ccc(C(C)(C)C)cc1. The number of benzene rings is 3. The fourth-order valence-corrected chi connectivity index (χ4v) is 3.46. The number of hydrogen-bond acceptors (Lipinski definition) is 5. The molecule has 0 aromatic heterocycles. The number of carbonyl (C=O) groups excluding carboxylic acids is 3. The number of allylic oxidation sites excluding steroid dienone is 1. The Labute approximate surface area is 200 Å². The molecule has 0 saturated heterocycles. The lowest BCUT2D eigenvalue weighted by atomic mass is 9.84. The molecule has 0 saturated carbocycles. The minimum atomic E-state index is -1.96. The molecule has 1 atom stereocenters. The van der Waals surface area contributed by atoms with Gasteiger partial charge in [0.2, 0.25) is 0 Å². The summed E-state index contributed by atoms with van der Waals surface area (Å²) in [5.41, 5.74) is 0.0387. The summed E-state index contributed by atoms with van der Waals surface area (Å²) in [5, 5.41) is 0. The van der Waals surface area contributed by atoms with Crippen molar-refractivity contribution in [2.75, 3.05) is 7.11 Å². The van der Waals surface area contributed by atoms with Crippen LogP contribution in [0.1, 0.15) is 52.6 Å². The molecule has 0 spiro atoms. The summed E-state index contributed by atoms with van der Waals surface area (Å²) >= 11 is 0. The maximum atomic E-state index is 13.2. The van der Waals surface area contributed by atoms with Crippen LogP contribution in [0.25, 0.3) is 0 Å². The zero-order valence-electron chi connectivity index (χ0n) is 19.8. The number of esters is 2. The lowest BCUT2D eigenvalue weighted by Crippen LogP contribution is -2.40. The highest BCUT2D eigenvalue weighted by Crippen LogP contribution is 2.33. The van der Waals surface area contributed by atoms with Gasteiger partial charge in [-0.15, -0.1) is 0 Å². The molecule has 3 rings (SSSR count). The monoisotopic (exact) mass is 456 g/mol. The number of rotatable bonds is 7. The Bertz CT molecular complexity index is 1170. The third-order valence-electron chi connectivity index (χ3n) is 5.46. The van der Waals surface area contributed by atoms with Gasteiger partial charge in [0.25, 0.3) is 5.60 Å². The van der Waals surface area contributed by atoms with Crippen molar-refractivity contribution in [2.45, 2.75) is 31.8 Å². The zero-order chi connectivity index (χ0) is 24.8. The van der Waals surface area contributed by atoms with E-state index >= 15 is 0 Å². The number of carbonyl (C=O) groups is 3. The summed E-state index contributed by atoms with van der Waals surface area (Å²) in [6, 6.07) is 24.1. The van der Waals surface area contributed by atoms with Crippen molar-refractivity contribution >= 4 is 17.7 Å². The molecule has 3 aromatic rings. The van der Waals surface area contributed by atoms with Gasteiger partial charge in [-0.05, 0) is 35.3 Å². The maximum Gasteiger partial charge on any atom is 0.359 e. The first kappa shape index (κ1) is 24.6. The molecule has 0 aliphatic carbocycles. The van der Waals surface area contributed by atoms with E-state index in [4.69, 9.17) is 9.47 Å². The second-order valence-corrected chi connectivity index (χ2v) is 8.87. The highest BCUT2D eigenvalue weighted by Gasteiger charge is 2.44. The molecule has 5 heteroatoms. The van der Waals surface area contributed by atoms with Gasteiger partial charge in [-0.3, -0.25) is 4.79 Å². The van der Waals surface area contributed by atoms with Crippen LogP contribution >= 0.6 is 0 Å². The number of hydrogen-bond donors (Lipinski definition) is 0. The predicted molar refractivity (Wildman–Crippen MR) is 131 cm³/mol. The first-order valence-corrected chi connectivity index (χ1v) is 10.9. The molecule has 0 bridgehead atoms. The quantitative estimate of drug-likeness (QED) is 0.261. The molecule has 0 radical (unpaired) electrons. The highest BCUT2D eigenvalue weighted by atomic mass is 16.6. The van der Waals surface area contributed by atoms with E-state index in [0.717, 1.165) is 5.56 Å². The van der Waals surface area contributed by atoms with Crippen LogP contribution in [-0.4, -0.2) is 24.8 Å². The number of ketones is 1. The van der Waals surface area contributed by atoms with Crippen LogP contribution in [0.5, 0.6) is 0 Å². The summed E-state index contributed by atoms with van der Waals surface area (Å²) in [6.07, 6.45) is 2.53. The Morgan fingerprint density at radius 2 is 1.21 bits per heavy atom. The average Bonchev–Trinajstić information content (AvgIpc) is 2.86. The molecular formula is C29H28O5. The third kappa shape index (κ3) is 5.49. The molecule has 5 nitrogen and oxygen atoms in total. The molecule has 0 aliphatic heterocycles. The van der Waals surface area contributed by atoms with Crippen LogP contribution in [0, 0.1) is 0 Å². The van der Waals surface area contributed by atoms with E-state index in [1.54, 1.807) is 72.8 Å². The summed E-state index contributed by atoms with van der Waals surface area (Å²) in [4.78, 5) is 39.0. The van der Waals surface area contributed by atoms with Gasteiger partial charge in [-0.1, -0.05) is 93.6 Å². The van der Waals surface area contributed by atoms with Crippen LogP contribution in [0.3, 0.4) is 0 Å². The van der Waals surface area contributed by atoms with Crippen molar-refractivity contribution < 1.29 is 23.9 Å². The van der Waals surface area contributed by atoms with Gasteiger partial charge in [-0.25, -0.2) is 9.59 Å². The van der Waals surface area contributed by atoms with Crippen molar-refractivity contribution in [3.63, 3.8) is 0 Å². The van der Waals surface area contributed by atoms with Crippen LogP contribution in [0.4, 0.5) is 0 Å². The Hall–Kier alpha value is -3.99. The summed E-state index contributed by atoms with van der Waals surface area (Å²) in [5.74, 6) is -1.88. The van der Waals surface area contributed by atoms with Gasteiger partial charge in [0, 0.05) is 11.1 Å². The molecular weight excluding hydrogens is 428 g/mol. The van der Waals surface area contributed by atoms with Crippen molar-refractivity contribution in [3.05, 3.63) is 119 Å². The lowest BCUT2D eigenvalue weighted by molar-refractivity contribution is -0.159. The van der Waals surface area contributed by atoms with Crippen LogP contribution in [0.15, 0.2) is 97.1 Å². The molecule has 3 aromatic carbocycles. The first-order valence-electron chi connectivity index (χ1n) is 10.9. The normalized spacial score (nSPS) is 13.2. The Morgan fingerprint density at radius 1 is 0.706 bits per heavy atom. The van der Waals surface area contributed by atoms with Gasteiger partial charge in [0.05, 0.1) is 12.7 Å². The fourth-order valence-electron chi connectivity index (χ4n) is 3.46. The third-order valence-corrected chi connectivity index (χ3v) is 5.46. The van der Waals surface area contributed by atoms with Gasteiger partial charge >= 0.3 is 11.9 Å². The van der Waals surface area contributed by atoms with E-state index in [9.17, 15) is 14.4 Å². The van der Waals surface area contributed by atoms with Crippen LogP contribution in [-0.2, 0) is 25.3 Å². The largest absolute Gasteiger partial charge is 0.466 e. The number of ether oxygens (including phenoxy) is 2. The van der Waals surface area contributed by atoms with E-state index in [1.165, 1.54) is 19.3 Å². The van der Waals surface area contributed by atoms with E-state index in [1.807, 2.05) is 12.1 Å². The predicted octanol–water partition coefficient (Wildman–Crippen LogP) is 5.65. The van der Waals surface area contributed by atoms with Crippen LogP contribution < -0.4 is 0 Å². The van der Waals surface area contributed by atoms with Crippen LogP contribution in [0.2, 0.25) is 0 Å². The average molecular weight is 457 g/mol. The van der Waals surface area contributed by atoms with Gasteiger partial charge < -0.3 is 9.47 Å². The highest BCUT2D eigenvalue weighted by molar-refractivity contribution is 6.05. The summed E-state index contributed by atoms with van der Waals surface area (Å²) < 4.78 is 10.9. The standard InChI is InChI=1S/C29H28O5/c1-28(2,3)23-15-17-24(18-16-23)29(27(32)33-4,34-26(31)22-13-9-6-10-14-22)20-19-25(30)21-11-7-5-8-12-21/h5-20H,1-4H3/b20-19+.